The van der Waals surface area contributed by atoms with Crippen molar-refractivity contribution >= 4 is 57.8 Å². The smallest absolute Gasteiger partial charge is 0.272 e. The van der Waals surface area contributed by atoms with Crippen LogP contribution in [-0.2, 0) is 9.59 Å². The van der Waals surface area contributed by atoms with Gasteiger partial charge in [-0.25, -0.2) is 4.90 Å². The molecule has 0 saturated carbocycles. The number of hydrogen-bond acceptors (Lipinski definition) is 6. The highest BCUT2D eigenvalue weighted by Gasteiger charge is 2.64. The van der Waals surface area contributed by atoms with Gasteiger partial charge in [0, 0.05) is 10.7 Å². The van der Waals surface area contributed by atoms with E-state index in [4.69, 9.17) is 11.6 Å². The van der Waals surface area contributed by atoms with E-state index in [2.05, 4.69) is 10.3 Å². The molecule has 3 aromatic carbocycles. The summed E-state index contributed by atoms with van der Waals surface area (Å²) in [5, 5.41) is 8.68. The number of amides is 2. The molecule has 0 N–H and O–H groups in total. The van der Waals surface area contributed by atoms with Crippen LogP contribution in [0.25, 0.3) is 17.1 Å². The second-order valence-corrected chi connectivity index (χ2v) is 9.57. The van der Waals surface area contributed by atoms with Crippen LogP contribution in [0.2, 0.25) is 5.02 Å². The van der Waals surface area contributed by atoms with Crippen LogP contribution in [0.5, 0.6) is 0 Å². The molecular weight excluding hydrogens is 478 g/mol. The molecule has 36 heavy (non-hydrogen) atoms. The first-order valence-corrected chi connectivity index (χ1v) is 12.0. The first kappa shape index (κ1) is 21.0. The molecule has 2 saturated heterocycles. The molecule has 0 radical (unpaired) electrons. The van der Waals surface area contributed by atoms with Crippen LogP contribution in [-0.4, -0.2) is 44.8 Å². The molecule has 3 aliphatic rings. The Morgan fingerprint density at radius 3 is 2.53 bits per heavy atom. The van der Waals surface area contributed by atoms with Gasteiger partial charge in [0.2, 0.25) is 11.8 Å². The number of para-hydroxylation sites is 2. The quantitative estimate of drug-likeness (QED) is 0.393. The average Bonchev–Trinajstić information content (AvgIpc) is 3.55. The lowest BCUT2D eigenvalue weighted by molar-refractivity contribution is -0.122. The maximum absolute atomic E-state index is 14.2. The van der Waals surface area contributed by atoms with Crippen molar-refractivity contribution in [3.63, 3.8) is 0 Å². The molecular formula is C27H18ClN5O3. The second kappa shape index (κ2) is 7.60. The van der Waals surface area contributed by atoms with Crippen molar-refractivity contribution in [2.24, 2.45) is 11.8 Å². The molecule has 3 aliphatic heterocycles. The third-order valence-electron chi connectivity index (χ3n) is 7.29. The lowest BCUT2D eigenvalue weighted by Gasteiger charge is -2.36. The lowest BCUT2D eigenvalue weighted by atomic mass is 9.88. The van der Waals surface area contributed by atoms with Gasteiger partial charge in [0.25, 0.3) is 5.91 Å². The van der Waals surface area contributed by atoms with E-state index in [1.165, 1.54) is 9.58 Å². The Kier molecular flexibility index (Phi) is 4.44. The minimum atomic E-state index is -0.947. The minimum Gasteiger partial charge on any atom is -0.351 e. The number of hydrogen-bond donors (Lipinski definition) is 0. The fourth-order valence-electron chi connectivity index (χ4n) is 5.82. The Labute approximate surface area is 210 Å². The molecule has 9 heteroatoms. The summed E-state index contributed by atoms with van der Waals surface area (Å²) in [7, 11) is 0. The maximum atomic E-state index is 14.2. The normalized spacial score (nSPS) is 24.2. The fourth-order valence-corrected chi connectivity index (χ4v) is 6.01. The van der Waals surface area contributed by atoms with E-state index in [-0.39, 0.29) is 5.91 Å². The zero-order chi connectivity index (χ0) is 24.6. The van der Waals surface area contributed by atoms with E-state index in [1.807, 2.05) is 47.4 Å². The molecule has 4 heterocycles. The molecule has 2 fully saturated rings. The number of rotatable bonds is 2. The largest absolute Gasteiger partial charge is 0.351 e. The summed E-state index contributed by atoms with van der Waals surface area (Å²) < 4.78 is 1.25. The van der Waals surface area contributed by atoms with E-state index < -0.39 is 35.7 Å². The van der Waals surface area contributed by atoms with Crippen molar-refractivity contribution < 1.29 is 14.4 Å². The molecule has 2 amide bonds. The number of halogens is 1. The molecule has 4 unspecified atom stereocenters. The minimum absolute atomic E-state index is 0.343. The molecule has 0 bridgehead atoms. The number of fused-ring (bicyclic) bond motifs is 6. The van der Waals surface area contributed by atoms with E-state index in [9.17, 15) is 14.4 Å². The number of aromatic nitrogens is 3. The molecule has 4 aromatic rings. The Morgan fingerprint density at radius 1 is 0.889 bits per heavy atom. The third kappa shape index (κ3) is 2.79. The van der Waals surface area contributed by atoms with Gasteiger partial charge in [0.15, 0.2) is 0 Å². The summed E-state index contributed by atoms with van der Waals surface area (Å²) in [5.41, 5.74) is 3.24. The first-order valence-electron chi connectivity index (χ1n) is 11.6. The summed E-state index contributed by atoms with van der Waals surface area (Å²) in [5.74, 6) is -2.79. The predicted molar refractivity (Wildman–Crippen MR) is 135 cm³/mol. The van der Waals surface area contributed by atoms with E-state index in [1.54, 1.807) is 42.5 Å². The highest BCUT2D eigenvalue weighted by atomic mass is 35.5. The van der Waals surface area contributed by atoms with Gasteiger partial charge >= 0.3 is 0 Å². The Bertz CT molecular complexity index is 1630. The van der Waals surface area contributed by atoms with Crippen molar-refractivity contribution in [1.29, 1.82) is 0 Å². The fraction of sp³-hybridized carbons (Fsp3) is 0.148. The summed E-state index contributed by atoms with van der Waals surface area (Å²) in [4.78, 5) is 45.0. The summed E-state index contributed by atoms with van der Waals surface area (Å²) in [6.07, 6.45) is 3.87. The molecule has 1 aromatic heterocycles. The zero-order valence-corrected chi connectivity index (χ0v) is 19.5. The number of benzene rings is 3. The van der Waals surface area contributed by atoms with Gasteiger partial charge in [0.1, 0.15) is 11.6 Å². The maximum Gasteiger partial charge on any atom is 0.272 e. The molecule has 176 valence electrons. The monoisotopic (exact) mass is 495 g/mol. The van der Waals surface area contributed by atoms with Crippen LogP contribution < -0.4 is 9.80 Å². The Morgan fingerprint density at radius 2 is 1.67 bits per heavy atom. The Hall–Kier alpha value is -4.30. The SMILES string of the molecule is O=C1C2C(C(=O)N1c1cccc(Cl)c1)C(C(=O)n1nnc3ccccc31)N1c3ccccc3C=CC21. The van der Waals surface area contributed by atoms with Crippen LogP contribution in [0, 0.1) is 11.8 Å². The number of anilines is 2. The topological polar surface area (TPSA) is 88.4 Å². The molecule has 8 nitrogen and oxygen atoms in total. The number of imide groups is 1. The standard InChI is InChI=1S/C27H18ClN5O3/c28-16-7-5-8-17(14-16)31-25(34)22-21-13-12-15-6-1-3-10-19(15)32(21)24(23(22)26(31)35)27(36)33-20-11-4-2-9-18(20)29-30-33/h1-14,21-24H. The number of carbonyl (C=O) groups excluding carboxylic acids is 3. The molecule has 4 atom stereocenters. The van der Waals surface area contributed by atoms with Gasteiger partial charge in [-0.2, -0.15) is 4.68 Å². The molecule has 7 rings (SSSR count). The highest BCUT2D eigenvalue weighted by molar-refractivity contribution is 6.31. The van der Waals surface area contributed by atoms with Gasteiger partial charge in [-0.15, -0.1) is 5.10 Å². The second-order valence-electron chi connectivity index (χ2n) is 9.13. The summed E-state index contributed by atoms with van der Waals surface area (Å²) >= 11 is 6.17. The van der Waals surface area contributed by atoms with Crippen molar-refractivity contribution in [2.45, 2.75) is 12.1 Å². The van der Waals surface area contributed by atoms with Crippen molar-refractivity contribution in [3.8, 4) is 0 Å². The van der Waals surface area contributed by atoms with Crippen molar-refractivity contribution in [1.82, 2.24) is 15.0 Å². The highest BCUT2D eigenvalue weighted by Crippen LogP contribution is 2.49. The van der Waals surface area contributed by atoms with Gasteiger partial charge in [-0.3, -0.25) is 14.4 Å². The summed E-state index contributed by atoms with van der Waals surface area (Å²) in [6, 6.07) is 20.1. The van der Waals surface area contributed by atoms with Crippen molar-refractivity contribution in [3.05, 3.63) is 89.5 Å². The van der Waals surface area contributed by atoms with Crippen LogP contribution in [0.4, 0.5) is 11.4 Å². The van der Waals surface area contributed by atoms with Gasteiger partial charge in [-0.05, 0) is 42.0 Å². The Balaban J connectivity index is 1.40. The van der Waals surface area contributed by atoms with Crippen LogP contribution in [0.15, 0.2) is 78.9 Å². The summed E-state index contributed by atoms with van der Waals surface area (Å²) in [6.45, 7) is 0. The van der Waals surface area contributed by atoms with Gasteiger partial charge in [0.05, 0.1) is 29.1 Å². The number of carbonyl (C=O) groups is 3. The van der Waals surface area contributed by atoms with E-state index in [0.29, 0.717) is 21.7 Å². The van der Waals surface area contributed by atoms with Gasteiger partial charge < -0.3 is 4.90 Å². The van der Waals surface area contributed by atoms with Crippen LogP contribution >= 0.6 is 11.6 Å². The third-order valence-corrected chi connectivity index (χ3v) is 7.53. The van der Waals surface area contributed by atoms with E-state index in [0.717, 1.165) is 11.3 Å². The van der Waals surface area contributed by atoms with Crippen molar-refractivity contribution in [2.75, 3.05) is 9.80 Å². The van der Waals surface area contributed by atoms with E-state index >= 15 is 0 Å². The molecule has 0 aliphatic carbocycles. The lowest BCUT2D eigenvalue weighted by Crippen LogP contribution is -2.50. The predicted octanol–water partition coefficient (Wildman–Crippen LogP) is 3.81. The average molecular weight is 496 g/mol. The van der Waals surface area contributed by atoms with Crippen LogP contribution in [0.1, 0.15) is 10.4 Å². The molecule has 0 spiro atoms. The van der Waals surface area contributed by atoms with Gasteiger partial charge in [-0.1, -0.05) is 65.4 Å². The zero-order valence-electron chi connectivity index (χ0n) is 18.7. The number of nitrogens with zero attached hydrogens (tertiary/aromatic N) is 5. The van der Waals surface area contributed by atoms with Crippen LogP contribution in [0.3, 0.4) is 0 Å². The first-order chi connectivity index (χ1) is 17.5.